The van der Waals surface area contributed by atoms with Crippen molar-refractivity contribution in [3.05, 3.63) is 30.1 Å². The molecule has 1 aliphatic rings. The molecule has 0 aliphatic carbocycles. The monoisotopic (exact) mass is 316 g/mol. The van der Waals surface area contributed by atoms with E-state index >= 15 is 0 Å². The molecular formula is C12H21N4O4P. The van der Waals surface area contributed by atoms with Gasteiger partial charge in [-0.2, -0.15) is 5.10 Å². The third-order valence-corrected chi connectivity index (χ3v) is 2.81. The summed E-state index contributed by atoms with van der Waals surface area (Å²) < 4.78 is 8.88. The van der Waals surface area contributed by atoms with Gasteiger partial charge in [0.15, 0.2) is 0 Å². The standard InChI is InChI=1S/C12H18N4.H3O4P/c1-11(12-5-3-4-6-13-12)14-16-9-7-15(2)8-10-16;1-5(2,3)4/h3-6H,7-10H2,1-2H3;(H3,1,2,3,4)/b14-11+;. The van der Waals surface area contributed by atoms with Crippen LogP contribution in [0.1, 0.15) is 12.6 Å². The second-order valence-electron chi connectivity index (χ2n) is 4.67. The van der Waals surface area contributed by atoms with E-state index in [4.69, 9.17) is 19.2 Å². The van der Waals surface area contributed by atoms with Crippen molar-refractivity contribution in [1.82, 2.24) is 14.9 Å². The van der Waals surface area contributed by atoms with Crippen molar-refractivity contribution in [1.29, 1.82) is 0 Å². The minimum atomic E-state index is -4.64. The highest BCUT2D eigenvalue weighted by Crippen LogP contribution is 2.25. The Bertz CT molecular complexity index is 489. The van der Waals surface area contributed by atoms with E-state index < -0.39 is 7.82 Å². The predicted octanol–water partition coefficient (Wildman–Crippen LogP) is 0.124. The van der Waals surface area contributed by atoms with E-state index in [0.29, 0.717) is 0 Å². The number of likely N-dealkylation sites (N-methyl/N-ethyl adjacent to an activating group) is 1. The zero-order valence-corrected chi connectivity index (χ0v) is 13.0. The Labute approximate surface area is 124 Å². The number of aromatic nitrogens is 1. The van der Waals surface area contributed by atoms with Crippen molar-refractivity contribution < 1.29 is 19.2 Å². The van der Waals surface area contributed by atoms with Crippen LogP contribution in [0, 0.1) is 0 Å². The van der Waals surface area contributed by atoms with Crippen LogP contribution in [0.2, 0.25) is 0 Å². The molecule has 0 saturated carbocycles. The van der Waals surface area contributed by atoms with Gasteiger partial charge in [-0.3, -0.25) is 9.99 Å². The van der Waals surface area contributed by atoms with E-state index in [2.05, 4.69) is 27.0 Å². The molecular weight excluding hydrogens is 295 g/mol. The molecule has 0 aromatic carbocycles. The predicted molar refractivity (Wildman–Crippen MR) is 79.8 cm³/mol. The van der Waals surface area contributed by atoms with Crippen LogP contribution in [0.3, 0.4) is 0 Å². The summed E-state index contributed by atoms with van der Waals surface area (Å²) in [5, 5.41) is 6.73. The van der Waals surface area contributed by atoms with Gasteiger partial charge in [0.25, 0.3) is 0 Å². The molecule has 9 heteroatoms. The first-order valence-electron chi connectivity index (χ1n) is 6.44. The average Bonchev–Trinajstić information content (AvgIpc) is 2.40. The van der Waals surface area contributed by atoms with Gasteiger partial charge in [0.2, 0.25) is 0 Å². The first-order chi connectivity index (χ1) is 9.75. The molecule has 8 nitrogen and oxygen atoms in total. The molecule has 3 N–H and O–H groups in total. The largest absolute Gasteiger partial charge is 0.466 e. The van der Waals surface area contributed by atoms with Gasteiger partial charge < -0.3 is 19.6 Å². The number of hydrazone groups is 1. The third-order valence-electron chi connectivity index (χ3n) is 2.81. The van der Waals surface area contributed by atoms with Gasteiger partial charge in [0.1, 0.15) is 0 Å². The molecule has 21 heavy (non-hydrogen) atoms. The summed E-state index contributed by atoms with van der Waals surface area (Å²) in [6.45, 7) is 6.18. The zero-order valence-electron chi connectivity index (χ0n) is 12.1. The van der Waals surface area contributed by atoms with Gasteiger partial charge in [-0.25, -0.2) is 4.57 Å². The number of piperazine rings is 1. The summed E-state index contributed by atoms with van der Waals surface area (Å²) in [7, 11) is -2.49. The summed E-state index contributed by atoms with van der Waals surface area (Å²) >= 11 is 0. The van der Waals surface area contributed by atoms with Crippen LogP contribution < -0.4 is 0 Å². The summed E-state index contributed by atoms with van der Waals surface area (Å²) in [5.74, 6) is 0. The Hall–Kier alpha value is -1.31. The topological polar surface area (TPSA) is 109 Å². The Morgan fingerprint density at radius 1 is 1.24 bits per heavy atom. The number of hydrogen-bond acceptors (Lipinski definition) is 5. The van der Waals surface area contributed by atoms with E-state index in [-0.39, 0.29) is 0 Å². The second-order valence-corrected chi connectivity index (χ2v) is 5.70. The number of pyridine rings is 1. The maximum atomic E-state index is 8.88. The number of hydrogen-bond donors (Lipinski definition) is 3. The quantitative estimate of drug-likeness (QED) is 0.525. The van der Waals surface area contributed by atoms with E-state index in [1.165, 1.54) is 0 Å². The molecule has 0 bridgehead atoms. The highest BCUT2D eigenvalue weighted by atomic mass is 31.2. The van der Waals surface area contributed by atoms with Crippen molar-refractivity contribution in [2.75, 3.05) is 33.2 Å². The van der Waals surface area contributed by atoms with Crippen molar-refractivity contribution >= 4 is 13.5 Å². The summed E-state index contributed by atoms with van der Waals surface area (Å²) in [4.78, 5) is 28.2. The maximum absolute atomic E-state index is 8.88. The molecule has 0 atom stereocenters. The van der Waals surface area contributed by atoms with Crippen molar-refractivity contribution in [2.24, 2.45) is 5.10 Å². The van der Waals surface area contributed by atoms with Gasteiger partial charge in [-0.1, -0.05) is 6.07 Å². The molecule has 2 rings (SSSR count). The average molecular weight is 316 g/mol. The lowest BCUT2D eigenvalue weighted by Gasteiger charge is -2.30. The minimum absolute atomic E-state index is 0.960. The fourth-order valence-corrected chi connectivity index (χ4v) is 1.74. The van der Waals surface area contributed by atoms with Crippen molar-refractivity contribution in [3.8, 4) is 0 Å². The van der Waals surface area contributed by atoms with Gasteiger partial charge in [-0.15, -0.1) is 0 Å². The highest BCUT2D eigenvalue weighted by molar-refractivity contribution is 7.45. The molecule has 1 saturated heterocycles. The fraction of sp³-hybridized carbons (Fsp3) is 0.500. The normalized spacial score (nSPS) is 17.2. The molecule has 0 unspecified atom stereocenters. The van der Waals surface area contributed by atoms with E-state index in [9.17, 15) is 0 Å². The third kappa shape index (κ3) is 8.54. The van der Waals surface area contributed by atoms with Crippen molar-refractivity contribution in [3.63, 3.8) is 0 Å². The number of rotatable bonds is 2. The van der Waals surface area contributed by atoms with Gasteiger partial charge >= 0.3 is 7.82 Å². The molecule has 118 valence electrons. The minimum Gasteiger partial charge on any atom is -0.303 e. The zero-order chi connectivity index (χ0) is 15.9. The van der Waals surface area contributed by atoms with Crippen molar-refractivity contribution in [2.45, 2.75) is 6.92 Å². The Balaban J connectivity index is 0.000000383. The number of nitrogens with zero attached hydrogens (tertiary/aromatic N) is 4. The Kier molecular flexibility index (Phi) is 6.94. The van der Waals surface area contributed by atoms with Crippen LogP contribution in [0.15, 0.2) is 29.5 Å². The number of phosphoric acid groups is 1. The maximum Gasteiger partial charge on any atom is 0.466 e. The highest BCUT2D eigenvalue weighted by Gasteiger charge is 2.12. The molecule has 1 aliphatic heterocycles. The molecule has 2 heterocycles. The van der Waals surface area contributed by atoms with E-state index in [0.717, 1.165) is 37.6 Å². The van der Waals surface area contributed by atoms with E-state index in [1.807, 2.05) is 25.1 Å². The first kappa shape index (κ1) is 17.7. The smallest absolute Gasteiger partial charge is 0.303 e. The van der Waals surface area contributed by atoms with Gasteiger partial charge in [-0.05, 0) is 26.1 Å². The molecule has 0 amide bonds. The Morgan fingerprint density at radius 2 is 1.81 bits per heavy atom. The summed E-state index contributed by atoms with van der Waals surface area (Å²) in [6, 6.07) is 5.91. The Morgan fingerprint density at radius 3 is 2.29 bits per heavy atom. The molecule has 1 aromatic heterocycles. The lowest BCUT2D eigenvalue weighted by molar-refractivity contribution is 0.159. The molecule has 1 aromatic rings. The lowest BCUT2D eigenvalue weighted by Crippen LogP contribution is -2.42. The van der Waals surface area contributed by atoms with E-state index in [1.54, 1.807) is 6.20 Å². The molecule has 0 radical (unpaired) electrons. The summed E-state index contributed by atoms with van der Waals surface area (Å²) in [6.07, 6.45) is 1.80. The first-order valence-corrected chi connectivity index (χ1v) is 8.00. The molecule has 1 fully saturated rings. The van der Waals surface area contributed by atoms with Crippen LogP contribution in [0.25, 0.3) is 0 Å². The van der Waals surface area contributed by atoms with Gasteiger partial charge in [0.05, 0.1) is 11.4 Å². The van der Waals surface area contributed by atoms with Crippen LogP contribution in [0.5, 0.6) is 0 Å². The second kappa shape index (κ2) is 8.21. The van der Waals surface area contributed by atoms with Crippen LogP contribution in [0.4, 0.5) is 0 Å². The SMILES string of the molecule is C/C(=N\N1CCN(C)CC1)c1ccccn1.O=P(O)(O)O. The fourth-order valence-electron chi connectivity index (χ4n) is 1.74. The molecule has 0 spiro atoms. The lowest BCUT2D eigenvalue weighted by atomic mass is 10.2. The van der Waals surface area contributed by atoms with Crippen LogP contribution >= 0.6 is 7.82 Å². The summed E-state index contributed by atoms with van der Waals surface area (Å²) in [5.41, 5.74) is 1.95. The van der Waals surface area contributed by atoms with Gasteiger partial charge in [0, 0.05) is 32.4 Å². The van der Waals surface area contributed by atoms with Crippen LogP contribution in [-0.4, -0.2) is 68.5 Å². The van der Waals surface area contributed by atoms with Crippen LogP contribution in [-0.2, 0) is 4.57 Å².